The first-order valence-electron chi connectivity index (χ1n) is 3.64. The van der Waals surface area contributed by atoms with Crippen molar-refractivity contribution >= 4 is 0 Å². The number of fused-ring (bicyclic) bond motifs is 2. The molecule has 3 aliphatic carbocycles. The third-order valence-corrected chi connectivity index (χ3v) is 2.84. The molecule has 2 fully saturated rings. The molecule has 3 atom stereocenters. The first-order chi connectivity index (χ1) is 3.93. The second kappa shape index (κ2) is 0.896. The second-order valence-electron chi connectivity index (χ2n) is 3.54. The van der Waals surface area contributed by atoms with Gasteiger partial charge in [0, 0.05) is 0 Å². The van der Waals surface area contributed by atoms with Crippen LogP contribution in [0.15, 0.2) is 11.6 Å². The molecule has 2 saturated carbocycles. The summed E-state index contributed by atoms with van der Waals surface area (Å²) in [5.41, 5.74) is 1.80. The van der Waals surface area contributed by atoms with E-state index < -0.39 is 0 Å². The number of allylic oxidation sites excluding steroid dienone is 2. The smallest absolute Gasteiger partial charge is 0.0163 e. The fourth-order valence-corrected chi connectivity index (χ4v) is 2.05. The van der Waals surface area contributed by atoms with Gasteiger partial charge in [-0.3, -0.25) is 0 Å². The largest absolute Gasteiger partial charge is 0.0816 e. The van der Waals surface area contributed by atoms with E-state index in [9.17, 15) is 0 Å². The van der Waals surface area contributed by atoms with Gasteiger partial charge in [0.2, 0.25) is 0 Å². The van der Waals surface area contributed by atoms with E-state index in [1.165, 1.54) is 12.8 Å². The van der Waals surface area contributed by atoms with E-state index in [1.807, 2.05) is 0 Å². The first kappa shape index (κ1) is 3.71. The van der Waals surface area contributed by atoms with E-state index >= 15 is 0 Å². The van der Waals surface area contributed by atoms with Crippen molar-refractivity contribution in [2.24, 2.45) is 17.8 Å². The molecule has 0 aromatic heterocycles. The van der Waals surface area contributed by atoms with Crippen molar-refractivity contribution in [2.75, 3.05) is 0 Å². The molecule has 0 spiro atoms. The molecule has 0 saturated heterocycles. The van der Waals surface area contributed by atoms with Crippen molar-refractivity contribution in [1.29, 1.82) is 0 Å². The lowest BCUT2D eigenvalue weighted by Gasteiger charge is -1.96. The molecular formula is C8H10. The van der Waals surface area contributed by atoms with Crippen LogP contribution in [0.2, 0.25) is 0 Å². The Morgan fingerprint density at radius 3 is 3.25 bits per heavy atom. The first-order valence-corrected chi connectivity index (χ1v) is 3.64. The van der Waals surface area contributed by atoms with Crippen molar-refractivity contribution in [3.05, 3.63) is 11.6 Å². The van der Waals surface area contributed by atoms with Gasteiger partial charge in [-0.05, 0) is 37.0 Å². The maximum Gasteiger partial charge on any atom is -0.0163 e. The van der Waals surface area contributed by atoms with E-state index in [4.69, 9.17) is 0 Å². The van der Waals surface area contributed by atoms with Gasteiger partial charge in [-0.2, -0.15) is 0 Å². The summed E-state index contributed by atoms with van der Waals surface area (Å²) in [7, 11) is 0. The molecule has 0 amide bonds. The van der Waals surface area contributed by atoms with Gasteiger partial charge in [0.15, 0.2) is 0 Å². The molecule has 0 aromatic rings. The number of hydrogen-bond donors (Lipinski definition) is 0. The molecular weight excluding hydrogens is 96.1 g/mol. The van der Waals surface area contributed by atoms with Crippen LogP contribution in [0.5, 0.6) is 0 Å². The van der Waals surface area contributed by atoms with Gasteiger partial charge in [0.25, 0.3) is 0 Å². The predicted octanol–water partition coefficient (Wildman–Crippen LogP) is 1.97. The van der Waals surface area contributed by atoms with E-state index in [1.54, 1.807) is 12.0 Å². The van der Waals surface area contributed by atoms with Crippen LogP contribution < -0.4 is 0 Å². The average molecular weight is 106 g/mol. The van der Waals surface area contributed by atoms with Gasteiger partial charge < -0.3 is 0 Å². The molecule has 0 N–H and O–H groups in total. The minimum Gasteiger partial charge on any atom is -0.0816 e. The molecule has 0 heterocycles. The fourth-order valence-electron chi connectivity index (χ4n) is 2.05. The van der Waals surface area contributed by atoms with Crippen LogP contribution >= 0.6 is 0 Å². The molecule has 3 rings (SSSR count). The summed E-state index contributed by atoms with van der Waals surface area (Å²) in [6.07, 6.45) is 7.09. The summed E-state index contributed by atoms with van der Waals surface area (Å²) in [4.78, 5) is 0. The van der Waals surface area contributed by atoms with Crippen molar-refractivity contribution in [2.45, 2.75) is 19.3 Å². The minimum atomic E-state index is 1.06. The average Bonchev–Trinajstić information content (AvgIpc) is 2.45. The lowest BCUT2D eigenvalue weighted by atomic mass is 10.1. The van der Waals surface area contributed by atoms with Gasteiger partial charge in [-0.15, -0.1) is 0 Å². The monoisotopic (exact) mass is 106 g/mol. The summed E-state index contributed by atoms with van der Waals surface area (Å²) in [6, 6.07) is 0. The van der Waals surface area contributed by atoms with Gasteiger partial charge in [-0.1, -0.05) is 11.6 Å². The van der Waals surface area contributed by atoms with Crippen molar-refractivity contribution in [3.63, 3.8) is 0 Å². The highest BCUT2D eigenvalue weighted by molar-refractivity contribution is 5.31. The predicted molar refractivity (Wildman–Crippen MR) is 32.4 cm³/mol. The lowest BCUT2D eigenvalue weighted by Crippen LogP contribution is -1.86. The number of rotatable bonds is 0. The highest BCUT2D eigenvalue weighted by Crippen LogP contribution is 2.58. The maximum atomic E-state index is 2.54. The van der Waals surface area contributed by atoms with Crippen LogP contribution in [0, 0.1) is 17.8 Å². The summed E-state index contributed by atoms with van der Waals surface area (Å²) in [6.45, 7) is 0. The van der Waals surface area contributed by atoms with Gasteiger partial charge in [0.05, 0.1) is 0 Å². The van der Waals surface area contributed by atoms with Crippen molar-refractivity contribution < 1.29 is 0 Å². The van der Waals surface area contributed by atoms with E-state index in [0.717, 1.165) is 17.8 Å². The standard InChI is InChI=1S/C8H10/c1-5-3-7-2-8(7)4-6(1)5/h3,5-6,8H,1-2,4H2. The van der Waals surface area contributed by atoms with Crippen LogP contribution in [-0.2, 0) is 0 Å². The summed E-state index contributed by atoms with van der Waals surface area (Å²) < 4.78 is 0. The molecule has 0 bridgehead atoms. The van der Waals surface area contributed by atoms with Crippen LogP contribution in [0.1, 0.15) is 19.3 Å². The fraction of sp³-hybridized carbons (Fsp3) is 0.750. The normalized spacial score (nSPS) is 56.0. The molecule has 0 aliphatic heterocycles. The van der Waals surface area contributed by atoms with E-state index in [-0.39, 0.29) is 0 Å². The zero-order chi connectivity index (χ0) is 5.14. The van der Waals surface area contributed by atoms with E-state index in [0.29, 0.717) is 0 Å². The molecule has 8 heavy (non-hydrogen) atoms. The van der Waals surface area contributed by atoms with Crippen LogP contribution in [0.25, 0.3) is 0 Å². The highest BCUT2D eigenvalue weighted by atomic mass is 14.5. The summed E-state index contributed by atoms with van der Waals surface area (Å²) >= 11 is 0. The SMILES string of the molecule is C1=C2CC2CC2CC12. The number of hydrogen-bond acceptors (Lipinski definition) is 0. The van der Waals surface area contributed by atoms with E-state index in [2.05, 4.69) is 6.08 Å². The van der Waals surface area contributed by atoms with Crippen molar-refractivity contribution in [3.8, 4) is 0 Å². The molecule has 0 nitrogen and oxygen atoms in total. The zero-order valence-electron chi connectivity index (χ0n) is 4.93. The zero-order valence-corrected chi connectivity index (χ0v) is 4.93. The van der Waals surface area contributed by atoms with Gasteiger partial charge >= 0.3 is 0 Å². The third-order valence-electron chi connectivity index (χ3n) is 2.84. The quantitative estimate of drug-likeness (QED) is 0.414. The van der Waals surface area contributed by atoms with Crippen LogP contribution in [0.3, 0.4) is 0 Å². The molecule has 0 radical (unpaired) electrons. The molecule has 0 heteroatoms. The maximum absolute atomic E-state index is 2.54. The Bertz CT molecular complexity index is 167. The highest BCUT2D eigenvalue weighted by Gasteiger charge is 2.47. The van der Waals surface area contributed by atoms with Gasteiger partial charge in [0.1, 0.15) is 0 Å². The molecule has 3 unspecified atom stereocenters. The Kier molecular flexibility index (Phi) is 0.415. The molecule has 3 aliphatic rings. The Morgan fingerprint density at radius 1 is 1.38 bits per heavy atom. The summed E-state index contributed by atoms with van der Waals surface area (Å²) in [5.74, 6) is 3.29. The van der Waals surface area contributed by atoms with Crippen LogP contribution in [0.4, 0.5) is 0 Å². The lowest BCUT2D eigenvalue weighted by molar-refractivity contribution is 0.629. The summed E-state index contributed by atoms with van der Waals surface area (Å²) in [5, 5.41) is 0. The van der Waals surface area contributed by atoms with Crippen LogP contribution in [-0.4, -0.2) is 0 Å². The Balaban J connectivity index is 2.04. The third kappa shape index (κ3) is 0.331. The van der Waals surface area contributed by atoms with Gasteiger partial charge in [-0.25, -0.2) is 0 Å². The minimum absolute atomic E-state index is 1.06. The molecule has 0 aromatic carbocycles. The second-order valence-corrected chi connectivity index (χ2v) is 3.54. The molecule has 42 valence electrons. The Morgan fingerprint density at radius 2 is 2.38 bits per heavy atom. The Labute approximate surface area is 49.6 Å². The topological polar surface area (TPSA) is 0 Å². The van der Waals surface area contributed by atoms with Crippen molar-refractivity contribution in [1.82, 2.24) is 0 Å². The Hall–Kier alpha value is -0.260.